The molecule has 0 atom stereocenters. The molecule has 1 aromatic heterocycles. The van der Waals surface area contributed by atoms with Crippen LogP contribution in [0.1, 0.15) is 43.6 Å². The molecule has 2 aromatic carbocycles. The number of benzene rings is 2. The summed E-state index contributed by atoms with van der Waals surface area (Å²) in [5.74, 6) is -0.938. The fraction of sp³-hybridized carbons (Fsp3) is 0.280. The SMILES string of the molecule is CCOC(=O)c1c(NC(=O)c2cccc(S(C)(=O)=O)c2)sc2c1CCN(Cc1ccccc1)C2. The number of nitrogens with one attached hydrogen (secondary N) is 1. The topological polar surface area (TPSA) is 92.8 Å². The van der Waals surface area contributed by atoms with Gasteiger partial charge in [0, 0.05) is 36.3 Å². The average Bonchev–Trinajstić information content (AvgIpc) is 3.16. The number of esters is 1. The highest BCUT2D eigenvalue weighted by Crippen LogP contribution is 2.38. The molecule has 0 unspecified atom stereocenters. The van der Waals surface area contributed by atoms with E-state index in [1.165, 1.54) is 35.1 Å². The first-order valence-electron chi connectivity index (χ1n) is 11.0. The molecule has 9 heteroatoms. The summed E-state index contributed by atoms with van der Waals surface area (Å²) < 4.78 is 29.1. The van der Waals surface area contributed by atoms with Gasteiger partial charge in [-0.15, -0.1) is 11.3 Å². The lowest BCUT2D eigenvalue weighted by molar-refractivity contribution is 0.0526. The minimum atomic E-state index is -3.45. The molecule has 3 aromatic rings. The van der Waals surface area contributed by atoms with Gasteiger partial charge in [0.05, 0.1) is 17.1 Å². The molecule has 0 saturated carbocycles. The molecule has 1 N–H and O–H groups in total. The molecular formula is C25H26N2O5S2. The second kappa shape index (κ2) is 10.1. The summed E-state index contributed by atoms with van der Waals surface area (Å²) in [5, 5.41) is 3.26. The predicted molar refractivity (Wildman–Crippen MR) is 132 cm³/mol. The van der Waals surface area contributed by atoms with Crippen LogP contribution < -0.4 is 5.32 Å². The monoisotopic (exact) mass is 498 g/mol. The highest BCUT2D eigenvalue weighted by Gasteiger charge is 2.30. The van der Waals surface area contributed by atoms with Gasteiger partial charge >= 0.3 is 5.97 Å². The smallest absolute Gasteiger partial charge is 0.341 e. The second-order valence-corrected chi connectivity index (χ2v) is 11.2. The van der Waals surface area contributed by atoms with Crippen LogP contribution in [0.15, 0.2) is 59.5 Å². The van der Waals surface area contributed by atoms with Crippen LogP contribution >= 0.6 is 11.3 Å². The van der Waals surface area contributed by atoms with Crippen molar-refractivity contribution in [2.75, 3.05) is 24.7 Å². The normalized spacial score (nSPS) is 13.8. The Morgan fingerprint density at radius 2 is 1.88 bits per heavy atom. The maximum Gasteiger partial charge on any atom is 0.341 e. The number of sulfone groups is 1. The zero-order valence-corrected chi connectivity index (χ0v) is 20.7. The van der Waals surface area contributed by atoms with Crippen molar-refractivity contribution in [3.63, 3.8) is 0 Å². The Morgan fingerprint density at radius 1 is 1.12 bits per heavy atom. The number of hydrogen-bond donors (Lipinski definition) is 1. The lowest BCUT2D eigenvalue weighted by Crippen LogP contribution is -2.29. The molecule has 34 heavy (non-hydrogen) atoms. The van der Waals surface area contributed by atoms with Crippen molar-refractivity contribution in [2.45, 2.75) is 31.3 Å². The quantitative estimate of drug-likeness (QED) is 0.492. The van der Waals surface area contributed by atoms with E-state index in [2.05, 4.69) is 22.3 Å². The van der Waals surface area contributed by atoms with Gasteiger partial charge in [-0.2, -0.15) is 0 Å². The van der Waals surface area contributed by atoms with E-state index in [9.17, 15) is 18.0 Å². The van der Waals surface area contributed by atoms with Crippen molar-refractivity contribution in [1.82, 2.24) is 4.90 Å². The number of amides is 1. The Bertz CT molecular complexity index is 1320. The lowest BCUT2D eigenvalue weighted by Gasteiger charge is -2.27. The molecule has 0 aliphatic carbocycles. The van der Waals surface area contributed by atoms with E-state index in [4.69, 9.17) is 4.74 Å². The molecule has 0 spiro atoms. The number of ether oxygens (including phenoxy) is 1. The summed E-state index contributed by atoms with van der Waals surface area (Å²) in [6.07, 6.45) is 1.77. The fourth-order valence-electron chi connectivity index (χ4n) is 3.98. The summed E-state index contributed by atoms with van der Waals surface area (Å²) in [5.41, 5.74) is 2.73. The lowest BCUT2D eigenvalue weighted by atomic mass is 10.0. The van der Waals surface area contributed by atoms with Crippen molar-refractivity contribution < 1.29 is 22.7 Å². The van der Waals surface area contributed by atoms with E-state index < -0.39 is 21.7 Å². The molecule has 2 heterocycles. The molecule has 1 amide bonds. The zero-order chi connectivity index (χ0) is 24.3. The number of anilines is 1. The van der Waals surface area contributed by atoms with Gasteiger partial charge in [0.15, 0.2) is 9.84 Å². The maximum absolute atomic E-state index is 13.0. The predicted octanol–water partition coefficient (Wildman–Crippen LogP) is 4.14. The van der Waals surface area contributed by atoms with Crippen LogP contribution in [0.25, 0.3) is 0 Å². The summed E-state index contributed by atoms with van der Waals surface area (Å²) in [6, 6.07) is 16.0. The van der Waals surface area contributed by atoms with Gasteiger partial charge in [0.25, 0.3) is 5.91 Å². The van der Waals surface area contributed by atoms with Crippen LogP contribution in [0.4, 0.5) is 5.00 Å². The van der Waals surface area contributed by atoms with Crippen LogP contribution in [-0.2, 0) is 34.1 Å². The molecular weight excluding hydrogens is 472 g/mol. The molecule has 1 aliphatic rings. The number of carbonyl (C=O) groups excluding carboxylic acids is 2. The highest BCUT2D eigenvalue weighted by atomic mass is 32.2. The number of hydrogen-bond acceptors (Lipinski definition) is 7. The summed E-state index contributed by atoms with van der Waals surface area (Å²) in [4.78, 5) is 29.2. The zero-order valence-electron chi connectivity index (χ0n) is 19.0. The highest BCUT2D eigenvalue weighted by molar-refractivity contribution is 7.90. The van der Waals surface area contributed by atoms with E-state index in [0.717, 1.165) is 29.8 Å². The van der Waals surface area contributed by atoms with Crippen molar-refractivity contribution in [3.05, 3.63) is 81.7 Å². The Labute approximate surface area is 203 Å². The minimum Gasteiger partial charge on any atom is -0.462 e. The Hall–Kier alpha value is -3.01. The van der Waals surface area contributed by atoms with Gasteiger partial charge in [-0.3, -0.25) is 9.69 Å². The molecule has 0 fully saturated rings. The van der Waals surface area contributed by atoms with E-state index in [-0.39, 0.29) is 17.1 Å². The first-order valence-corrected chi connectivity index (χ1v) is 13.7. The standard InChI is InChI=1S/C25H26N2O5S2/c1-3-32-25(29)22-20-12-13-27(15-17-8-5-4-6-9-17)16-21(20)33-24(22)26-23(28)18-10-7-11-19(14-18)34(2,30)31/h4-11,14H,3,12-13,15-16H2,1-2H3,(H,26,28). The van der Waals surface area contributed by atoms with E-state index in [1.54, 1.807) is 13.0 Å². The molecule has 178 valence electrons. The van der Waals surface area contributed by atoms with Crippen LogP contribution in [0, 0.1) is 0 Å². The van der Waals surface area contributed by atoms with Gasteiger partial charge in [0.1, 0.15) is 5.00 Å². The number of fused-ring (bicyclic) bond motifs is 1. The Balaban J connectivity index is 1.61. The molecule has 7 nitrogen and oxygen atoms in total. The summed E-state index contributed by atoms with van der Waals surface area (Å²) in [6.45, 7) is 4.23. The van der Waals surface area contributed by atoms with Crippen molar-refractivity contribution in [3.8, 4) is 0 Å². The maximum atomic E-state index is 13.0. The van der Waals surface area contributed by atoms with Crippen molar-refractivity contribution >= 4 is 38.1 Å². The van der Waals surface area contributed by atoms with Gasteiger partial charge < -0.3 is 10.1 Å². The second-order valence-electron chi connectivity index (χ2n) is 8.13. The van der Waals surface area contributed by atoms with E-state index in [0.29, 0.717) is 23.5 Å². The van der Waals surface area contributed by atoms with Gasteiger partial charge in [-0.1, -0.05) is 36.4 Å². The van der Waals surface area contributed by atoms with Crippen molar-refractivity contribution in [1.29, 1.82) is 0 Å². The molecule has 4 rings (SSSR count). The van der Waals surface area contributed by atoms with E-state index in [1.807, 2.05) is 18.2 Å². The average molecular weight is 499 g/mol. The Morgan fingerprint density at radius 3 is 2.59 bits per heavy atom. The molecule has 0 saturated heterocycles. The molecule has 0 radical (unpaired) electrons. The minimum absolute atomic E-state index is 0.0628. The Kier molecular flexibility index (Phi) is 7.16. The third kappa shape index (κ3) is 5.38. The number of nitrogens with zero attached hydrogens (tertiary/aromatic N) is 1. The molecule has 0 bridgehead atoms. The largest absolute Gasteiger partial charge is 0.462 e. The van der Waals surface area contributed by atoms with Crippen LogP contribution in [0.3, 0.4) is 0 Å². The number of carbonyl (C=O) groups is 2. The molecule has 1 aliphatic heterocycles. The van der Waals surface area contributed by atoms with Crippen LogP contribution in [0.5, 0.6) is 0 Å². The number of rotatable bonds is 7. The van der Waals surface area contributed by atoms with Gasteiger partial charge in [0.2, 0.25) is 0 Å². The first-order chi connectivity index (χ1) is 16.3. The van der Waals surface area contributed by atoms with Gasteiger partial charge in [-0.25, -0.2) is 13.2 Å². The van der Waals surface area contributed by atoms with Crippen LogP contribution in [-0.4, -0.2) is 44.6 Å². The fourth-order valence-corrected chi connectivity index (χ4v) is 5.92. The number of thiophene rings is 1. The summed E-state index contributed by atoms with van der Waals surface area (Å²) in [7, 11) is -3.45. The van der Waals surface area contributed by atoms with Gasteiger partial charge in [-0.05, 0) is 42.7 Å². The first kappa shape index (κ1) is 24.1. The van der Waals surface area contributed by atoms with Crippen molar-refractivity contribution in [2.24, 2.45) is 0 Å². The summed E-state index contributed by atoms with van der Waals surface area (Å²) >= 11 is 1.37. The van der Waals surface area contributed by atoms with Crippen LogP contribution in [0.2, 0.25) is 0 Å². The third-order valence-corrected chi connectivity index (χ3v) is 7.86. The van der Waals surface area contributed by atoms with E-state index >= 15 is 0 Å². The third-order valence-electron chi connectivity index (χ3n) is 5.62.